The first-order chi connectivity index (χ1) is 17.0. The van der Waals surface area contributed by atoms with Crippen molar-refractivity contribution in [3.8, 4) is 5.75 Å². The molecular formula is C26H41N5O3S. The lowest BCUT2D eigenvalue weighted by Gasteiger charge is -2.24. The van der Waals surface area contributed by atoms with Crippen molar-refractivity contribution in [2.45, 2.75) is 63.8 Å². The van der Waals surface area contributed by atoms with Crippen LogP contribution in [0.5, 0.6) is 5.75 Å². The molecular weight excluding hydrogens is 462 g/mol. The molecule has 3 fully saturated rings. The number of carbonyl (C=O) groups is 2. The van der Waals surface area contributed by atoms with Gasteiger partial charge in [0, 0.05) is 33.1 Å². The highest BCUT2D eigenvalue weighted by Crippen LogP contribution is 2.40. The molecule has 0 saturated carbocycles. The second kappa shape index (κ2) is 12.3. The van der Waals surface area contributed by atoms with Gasteiger partial charge in [-0.1, -0.05) is 38.1 Å². The quantitative estimate of drug-likeness (QED) is 0.197. The number of benzene rings is 1. The first-order valence-corrected chi connectivity index (χ1v) is 13.6. The fraction of sp³-hybridized carbons (Fsp3) is 0.692. The second-order valence-corrected chi connectivity index (χ2v) is 10.9. The summed E-state index contributed by atoms with van der Waals surface area (Å²) in [5.74, 6) is 0.291. The van der Waals surface area contributed by atoms with Crippen LogP contribution in [0.15, 0.2) is 18.2 Å². The number of hydrogen-bond acceptors (Lipinski definition) is 8. The molecule has 3 aliphatic rings. The smallest absolute Gasteiger partial charge is 0.249 e. The summed E-state index contributed by atoms with van der Waals surface area (Å²) in [4.78, 5) is 26.2. The van der Waals surface area contributed by atoms with Gasteiger partial charge in [0.15, 0.2) is 0 Å². The number of likely N-dealkylation sites (tertiary alicyclic amines) is 1. The molecule has 8 nitrogen and oxygen atoms in total. The van der Waals surface area contributed by atoms with E-state index in [-0.39, 0.29) is 11.8 Å². The van der Waals surface area contributed by atoms with Crippen molar-refractivity contribution < 1.29 is 14.3 Å². The minimum atomic E-state index is -0.419. The molecule has 0 radical (unpaired) electrons. The molecule has 4 rings (SSSR count). The van der Waals surface area contributed by atoms with Gasteiger partial charge in [0.05, 0.1) is 12.3 Å². The molecule has 3 N–H and O–H groups in total. The number of nitrogens with one attached hydrogen (secondary N) is 3. The highest BCUT2D eigenvalue weighted by molar-refractivity contribution is 7.77. The van der Waals surface area contributed by atoms with Crippen LogP contribution in [0.2, 0.25) is 0 Å². The van der Waals surface area contributed by atoms with Crippen LogP contribution in [-0.2, 0) is 9.59 Å². The van der Waals surface area contributed by atoms with Gasteiger partial charge in [0.2, 0.25) is 11.8 Å². The molecule has 3 aliphatic heterocycles. The average Bonchev–Trinajstić information content (AvgIpc) is 3.41. The number of piperidine rings is 1. The molecule has 35 heavy (non-hydrogen) atoms. The van der Waals surface area contributed by atoms with Crippen LogP contribution in [0, 0.1) is 5.41 Å². The van der Waals surface area contributed by atoms with Crippen molar-refractivity contribution in [2.75, 3.05) is 57.0 Å². The normalized spacial score (nSPS) is 25.3. The number of para-hydroxylation sites is 1. The Bertz CT molecular complexity index is 885. The third kappa shape index (κ3) is 7.05. The lowest BCUT2D eigenvalue weighted by Crippen LogP contribution is -2.47. The molecule has 0 aliphatic carbocycles. The van der Waals surface area contributed by atoms with Crippen LogP contribution in [0.25, 0.3) is 0 Å². The fourth-order valence-electron chi connectivity index (χ4n) is 5.66. The number of rotatable bonds is 12. The maximum absolute atomic E-state index is 12.1. The summed E-state index contributed by atoms with van der Waals surface area (Å²) in [7, 11) is 1.85. The Morgan fingerprint density at radius 1 is 1.11 bits per heavy atom. The largest absolute Gasteiger partial charge is 0.491 e. The van der Waals surface area contributed by atoms with Crippen LogP contribution < -0.4 is 20.7 Å². The lowest BCUT2D eigenvalue weighted by molar-refractivity contribution is -0.133. The topological polar surface area (TPSA) is 85.9 Å². The molecule has 2 amide bonds. The molecule has 1 spiro atoms. The summed E-state index contributed by atoms with van der Waals surface area (Å²) in [6.07, 6.45) is 9.46. The van der Waals surface area contributed by atoms with Gasteiger partial charge in [0.1, 0.15) is 17.5 Å². The monoisotopic (exact) mass is 503 g/mol. The summed E-state index contributed by atoms with van der Waals surface area (Å²) in [5.41, 5.74) is 2.16. The third-order valence-electron chi connectivity index (χ3n) is 7.66. The Hall–Kier alpha value is -1.97. The third-order valence-corrected chi connectivity index (χ3v) is 8.00. The van der Waals surface area contributed by atoms with Gasteiger partial charge in [0.25, 0.3) is 0 Å². The van der Waals surface area contributed by atoms with E-state index in [9.17, 15) is 9.59 Å². The standard InChI is InChI=1S/C26H41N5O3S/c1-27-24-20(28-21-10-11-23(32)29-25(21)33)8-7-9-22(24)34-17-6-4-2-3-5-14-30-15-12-26(18-30)13-16-31(35)19-26/h7-9,21,27-28,35H,2-6,10-19H2,1H3,(H,29,32,33). The summed E-state index contributed by atoms with van der Waals surface area (Å²) in [6, 6.07) is 5.37. The molecule has 2 unspecified atom stereocenters. The zero-order valence-corrected chi connectivity index (χ0v) is 21.9. The van der Waals surface area contributed by atoms with E-state index in [0.29, 0.717) is 24.9 Å². The number of hydrogen-bond donors (Lipinski definition) is 4. The maximum atomic E-state index is 12.1. The zero-order chi connectivity index (χ0) is 24.7. The Labute approximate surface area is 215 Å². The van der Waals surface area contributed by atoms with Crippen molar-refractivity contribution in [1.82, 2.24) is 14.5 Å². The van der Waals surface area contributed by atoms with Gasteiger partial charge >= 0.3 is 0 Å². The second-order valence-electron chi connectivity index (χ2n) is 10.4. The predicted molar refractivity (Wildman–Crippen MR) is 143 cm³/mol. The molecule has 3 heterocycles. The summed E-state index contributed by atoms with van der Waals surface area (Å²) in [6.45, 7) is 6.69. The Kier molecular flexibility index (Phi) is 9.19. The van der Waals surface area contributed by atoms with Crippen molar-refractivity contribution in [3.05, 3.63) is 18.2 Å². The number of unbranched alkanes of at least 4 members (excludes halogenated alkanes) is 4. The highest BCUT2D eigenvalue weighted by atomic mass is 32.1. The van der Waals surface area contributed by atoms with E-state index in [0.717, 1.165) is 36.6 Å². The average molecular weight is 504 g/mol. The molecule has 1 aromatic carbocycles. The zero-order valence-electron chi connectivity index (χ0n) is 21.0. The van der Waals surface area contributed by atoms with Gasteiger partial charge in [-0.05, 0) is 62.7 Å². The SMILES string of the molecule is CNc1c(NC2CCC(=O)NC2=O)cccc1OCCCCCCCN1CCC2(CCN(S)C2)C1. The minimum Gasteiger partial charge on any atom is -0.491 e. The van der Waals surface area contributed by atoms with E-state index in [1.807, 2.05) is 25.2 Å². The molecule has 1 aromatic rings. The Balaban J connectivity index is 1.11. The number of amides is 2. The van der Waals surface area contributed by atoms with Crippen molar-refractivity contribution >= 4 is 36.0 Å². The molecule has 194 valence electrons. The van der Waals surface area contributed by atoms with Gasteiger partial charge in [-0.15, -0.1) is 0 Å². The number of ether oxygens (including phenoxy) is 1. The van der Waals surface area contributed by atoms with E-state index in [4.69, 9.17) is 4.74 Å². The van der Waals surface area contributed by atoms with E-state index >= 15 is 0 Å². The van der Waals surface area contributed by atoms with Crippen LogP contribution in [0.1, 0.15) is 57.8 Å². The highest BCUT2D eigenvalue weighted by Gasteiger charge is 2.42. The molecule has 0 aromatic heterocycles. The molecule has 9 heteroatoms. The lowest BCUT2D eigenvalue weighted by atomic mass is 9.86. The molecule has 3 saturated heterocycles. The van der Waals surface area contributed by atoms with Crippen LogP contribution in [0.4, 0.5) is 11.4 Å². The van der Waals surface area contributed by atoms with Gasteiger partial charge in [-0.25, -0.2) is 0 Å². The summed E-state index contributed by atoms with van der Waals surface area (Å²) >= 11 is 4.54. The van der Waals surface area contributed by atoms with E-state index < -0.39 is 6.04 Å². The van der Waals surface area contributed by atoms with Gasteiger partial charge in [-0.2, -0.15) is 0 Å². The van der Waals surface area contributed by atoms with Crippen molar-refractivity contribution in [1.29, 1.82) is 0 Å². The number of anilines is 2. The van der Waals surface area contributed by atoms with Crippen LogP contribution in [0.3, 0.4) is 0 Å². The van der Waals surface area contributed by atoms with Crippen LogP contribution >= 0.6 is 12.8 Å². The number of nitrogens with zero attached hydrogens (tertiary/aromatic N) is 2. The van der Waals surface area contributed by atoms with Gasteiger partial charge in [-0.3, -0.25) is 19.2 Å². The number of carbonyl (C=O) groups excluding carboxylic acids is 2. The van der Waals surface area contributed by atoms with E-state index in [1.54, 1.807) is 0 Å². The fourth-order valence-corrected chi connectivity index (χ4v) is 6.06. The first kappa shape index (κ1) is 26.1. The molecule has 2 atom stereocenters. The Morgan fingerprint density at radius 3 is 2.69 bits per heavy atom. The maximum Gasteiger partial charge on any atom is 0.249 e. The summed E-state index contributed by atoms with van der Waals surface area (Å²) < 4.78 is 8.27. The minimum absolute atomic E-state index is 0.210. The Morgan fingerprint density at radius 2 is 1.91 bits per heavy atom. The van der Waals surface area contributed by atoms with E-state index in [2.05, 4.69) is 38.0 Å². The van der Waals surface area contributed by atoms with Crippen LogP contribution in [-0.4, -0.2) is 73.4 Å². The van der Waals surface area contributed by atoms with Crippen molar-refractivity contribution in [2.24, 2.45) is 5.41 Å². The predicted octanol–water partition coefficient (Wildman–Crippen LogP) is 3.52. The molecule has 0 bridgehead atoms. The van der Waals surface area contributed by atoms with Crippen molar-refractivity contribution in [3.63, 3.8) is 0 Å². The number of thiol groups is 1. The first-order valence-electron chi connectivity index (χ1n) is 13.2. The number of imide groups is 1. The summed E-state index contributed by atoms with van der Waals surface area (Å²) in [5, 5.41) is 8.85. The van der Waals surface area contributed by atoms with Gasteiger partial charge < -0.3 is 20.3 Å². The van der Waals surface area contributed by atoms with E-state index in [1.165, 1.54) is 58.2 Å².